The molecule has 290 valence electrons. The summed E-state index contributed by atoms with van der Waals surface area (Å²) in [7, 11) is 0. The van der Waals surface area contributed by atoms with Crippen molar-refractivity contribution in [1.29, 1.82) is 5.41 Å². The highest BCUT2D eigenvalue weighted by atomic mass is 16.5. The topological polar surface area (TPSA) is 124 Å². The van der Waals surface area contributed by atoms with E-state index < -0.39 is 6.23 Å². The molecule has 1 aliphatic rings. The van der Waals surface area contributed by atoms with Crippen LogP contribution in [0.15, 0.2) is 194 Å². The van der Waals surface area contributed by atoms with Crippen molar-refractivity contribution in [2.45, 2.75) is 19.1 Å². The molecule has 0 radical (unpaired) electrons. The van der Waals surface area contributed by atoms with Gasteiger partial charge in [-0.25, -0.2) is 15.0 Å². The summed E-state index contributed by atoms with van der Waals surface area (Å²) in [5.41, 5.74) is 26.2. The largest absolute Gasteiger partial charge is 0.454 e. The zero-order valence-corrected chi connectivity index (χ0v) is 32.9. The van der Waals surface area contributed by atoms with Crippen molar-refractivity contribution in [3.8, 4) is 67.3 Å². The Labute approximate surface area is 350 Å². The van der Waals surface area contributed by atoms with E-state index in [0.717, 1.165) is 79.6 Å². The number of allylic oxidation sites excluding steroid dienone is 4. The molecule has 1 unspecified atom stereocenters. The number of benzene rings is 7. The normalized spacial score (nSPS) is 12.7. The van der Waals surface area contributed by atoms with Crippen LogP contribution in [0, 0.1) is 5.41 Å². The van der Waals surface area contributed by atoms with Crippen molar-refractivity contribution in [3.05, 3.63) is 211 Å². The predicted octanol–water partition coefficient (Wildman–Crippen LogP) is 12.2. The molecule has 8 aromatic rings. The molecule has 1 heterocycles. The van der Waals surface area contributed by atoms with Gasteiger partial charge in [-0.3, -0.25) is 11.1 Å². The van der Waals surface area contributed by atoms with Gasteiger partial charge in [-0.15, -0.1) is 0 Å². The zero-order valence-electron chi connectivity index (χ0n) is 32.9. The van der Waals surface area contributed by atoms with Crippen molar-refractivity contribution in [3.63, 3.8) is 0 Å². The van der Waals surface area contributed by atoms with Crippen molar-refractivity contribution >= 4 is 17.2 Å². The summed E-state index contributed by atoms with van der Waals surface area (Å²) in [6, 6.07) is 58.8. The molecule has 7 aromatic carbocycles. The summed E-state index contributed by atoms with van der Waals surface area (Å²) in [5.74, 6) is 2.00. The molecule has 0 aliphatic heterocycles. The molecule has 60 heavy (non-hydrogen) atoms. The van der Waals surface area contributed by atoms with Crippen LogP contribution in [0.1, 0.15) is 36.0 Å². The molecule has 1 atom stereocenters. The van der Waals surface area contributed by atoms with Crippen LogP contribution in [0.2, 0.25) is 0 Å². The summed E-state index contributed by atoms with van der Waals surface area (Å²) in [6.07, 6.45) is 7.44. The number of nitrogens with two attached hydrogens (primary N) is 2. The maximum absolute atomic E-state index is 8.68. The molecule has 7 heteroatoms. The number of anilines is 1. The first kappa shape index (κ1) is 37.8. The smallest absolute Gasteiger partial charge is 0.215 e. The van der Waals surface area contributed by atoms with Crippen LogP contribution in [0.5, 0.6) is 0 Å². The second-order valence-electron chi connectivity index (χ2n) is 14.7. The fourth-order valence-corrected chi connectivity index (χ4v) is 7.58. The fraction of sp³-hybridized carbons (Fsp3) is 0.0566. The Bertz CT molecular complexity index is 2870. The van der Waals surface area contributed by atoms with Crippen molar-refractivity contribution < 1.29 is 4.74 Å². The van der Waals surface area contributed by atoms with Gasteiger partial charge in [0.2, 0.25) is 5.90 Å². The minimum Gasteiger partial charge on any atom is -0.454 e. The van der Waals surface area contributed by atoms with Gasteiger partial charge in [-0.05, 0) is 81.6 Å². The first-order valence-corrected chi connectivity index (χ1v) is 20.0. The first-order chi connectivity index (χ1) is 29.5. The summed E-state index contributed by atoms with van der Waals surface area (Å²) < 4.78 is 5.83. The van der Waals surface area contributed by atoms with Gasteiger partial charge in [-0.2, -0.15) is 0 Å². The van der Waals surface area contributed by atoms with Gasteiger partial charge < -0.3 is 10.5 Å². The molecule has 0 bridgehead atoms. The van der Waals surface area contributed by atoms with Crippen LogP contribution in [0.25, 0.3) is 72.9 Å². The van der Waals surface area contributed by atoms with E-state index in [4.69, 9.17) is 36.6 Å². The molecular weight excluding hydrogens is 737 g/mol. The molecule has 5 N–H and O–H groups in total. The van der Waals surface area contributed by atoms with Gasteiger partial charge >= 0.3 is 0 Å². The Morgan fingerprint density at radius 1 is 0.517 bits per heavy atom. The van der Waals surface area contributed by atoms with Gasteiger partial charge in [0.25, 0.3) is 0 Å². The number of aromatic nitrogens is 3. The summed E-state index contributed by atoms with van der Waals surface area (Å²) in [4.78, 5) is 14.9. The van der Waals surface area contributed by atoms with Gasteiger partial charge in [0.05, 0.1) is 0 Å². The molecule has 0 saturated heterocycles. The van der Waals surface area contributed by atoms with E-state index in [9.17, 15) is 0 Å². The minimum atomic E-state index is -0.744. The molecule has 1 aromatic heterocycles. The Balaban J connectivity index is 1.09. The molecule has 0 fully saturated rings. The molecule has 0 amide bonds. The molecule has 0 saturated carbocycles. The third-order valence-corrected chi connectivity index (χ3v) is 10.8. The average Bonchev–Trinajstić information content (AvgIpc) is 3.32. The van der Waals surface area contributed by atoms with Crippen molar-refractivity contribution in [2.24, 2.45) is 5.73 Å². The monoisotopic (exact) mass is 778 g/mol. The van der Waals surface area contributed by atoms with Crippen LogP contribution in [0.4, 0.5) is 5.69 Å². The van der Waals surface area contributed by atoms with Gasteiger partial charge in [0.1, 0.15) is 0 Å². The molecule has 9 rings (SSSR count). The van der Waals surface area contributed by atoms with Crippen LogP contribution in [0.3, 0.4) is 0 Å². The lowest BCUT2D eigenvalue weighted by molar-refractivity contribution is 0.199. The number of nitrogen functional groups attached to an aromatic ring is 1. The second kappa shape index (κ2) is 17.0. The van der Waals surface area contributed by atoms with E-state index in [0.29, 0.717) is 28.7 Å². The molecule has 0 spiro atoms. The Morgan fingerprint density at radius 3 is 1.72 bits per heavy atom. The number of rotatable bonds is 10. The first-order valence-electron chi connectivity index (χ1n) is 20.0. The maximum atomic E-state index is 8.68. The summed E-state index contributed by atoms with van der Waals surface area (Å²) in [5, 5.41) is 8.68. The Kier molecular flexibility index (Phi) is 10.7. The third-order valence-electron chi connectivity index (χ3n) is 10.8. The fourth-order valence-electron chi connectivity index (χ4n) is 7.58. The average molecular weight is 779 g/mol. The van der Waals surface area contributed by atoms with Crippen LogP contribution in [-0.4, -0.2) is 20.8 Å². The lowest BCUT2D eigenvalue weighted by Gasteiger charge is -2.18. The van der Waals surface area contributed by atoms with Crippen molar-refractivity contribution in [2.75, 3.05) is 5.73 Å². The van der Waals surface area contributed by atoms with Crippen LogP contribution >= 0.6 is 0 Å². The van der Waals surface area contributed by atoms with E-state index in [1.165, 1.54) is 0 Å². The highest BCUT2D eigenvalue weighted by Crippen LogP contribution is 2.41. The Morgan fingerprint density at radius 2 is 1.05 bits per heavy atom. The SMILES string of the molecule is N=C(OC(N)c1ccccc1)c1ccc(-c2ccc(-c3ccccc3N)cc2-c2ccccc2-c2ccc(-c3nc(C4=CC=CCC4)nc(-c4ccccc4)n3)cc2)cc1. The van der Waals surface area contributed by atoms with Gasteiger partial charge in [0, 0.05) is 33.5 Å². The number of hydrogen-bond acceptors (Lipinski definition) is 7. The molecular formula is C53H42N6O. The van der Waals surface area contributed by atoms with E-state index in [1.54, 1.807) is 0 Å². The molecule has 7 nitrogen and oxygen atoms in total. The quantitative estimate of drug-likeness (QED) is 0.0550. The lowest BCUT2D eigenvalue weighted by atomic mass is 9.87. The number of nitrogens with one attached hydrogen (secondary N) is 1. The zero-order chi connectivity index (χ0) is 40.8. The predicted molar refractivity (Wildman–Crippen MR) is 244 cm³/mol. The maximum Gasteiger partial charge on any atom is 0.215 e. The summed E-state index contributed by atoms with van der Waals surface area (Å²) >= 11 is 0. The van der Waals surface area contributed by atoms with E-state index in [-0.39, 0.29) is 5.90 Å². The van der Waals surface area contributed by atoms with Gasteiger partial charge in [-0.1, -0.05) is 170 Å². The minimum absolute atomic E-state index is 0.00901. The number of ether oxygens (including phenoxy) is 1. The summed E-state index contributed by atoms with van der Waals surface area (Å²) in [6.45, 7) is 0. The van der Waals surface area contributed by atoms with Gasteiger partial charge in [0.15, 0.2) is 23.7 Å². The number of hydrogen-bond donors (Lipinski definition) is 3. The highest BCUT2D eigenvalue weighted by Gasteiger charge is 2.18. The van der Waals surface area contributed by atoms with Crippen LogP contribution < -0.4 is 11.5 Å². The highest BCUT2D eigenvalue weighted by molar-refractivity contribution is 5.96. The third kappa shape index (κ3) is 8.03. The van der Waals surface area contributed by atoms with E-state index >= 15 is 0 Å². The van der Waals surface area contributed by atoms with E-state index in [1.807, 2.05) is 103 Å². The standard InChI is InChI=1S/C53H42N6O/c54-48-23-13-12-21-45(48)42-32-33-44(36-24-28-38(29-25-36)50(56)60-49(55)37-14-4-1-5-15-37)47(34-42)46-22-11-10-20-43(46)35-26-30-41(31-27-35)53-58-51(39-16-6-2-7-17-39)57-52(59-53)40-18-8-3-9-19-40/h1-8,10-18,20-34,49,56H,9,19,54-55H2. The molecule has 1 aliphatic carbocycles. The van der Waals surface area contributed by atoms with E-state index in [2.05, 4.69) is 91.0 Å². The second-order valence-corrected chi connectivity index (χ2v) is 14.7. The number of para-hydroxylation sites is 1. The van der Waals surface area contributed by atoms with Crippen molar-refractivity contribution in [1.82, 2.24) is 15.0 Å². The Hall–Kier alpha value is -7.74. The van der Waals surface area contributed by atoms with Crippen LogP contribution in [-0.2, 0) is 4.74 Å². The lowest BCUT2D eigenvalue weighted by Crippen LogP contribution is -2.19. The number of nitrogens with zero attached hydrogens (tertiary/aromatic N) is 3.